The molecule has 2 aromatic carbocycles. The van der Waals surface area contributed by atoms with Crippen molar-refractivity contribution in [2.45, 2.75) is 19.9 Å². The lowest BCUT2D eigenvalue weighted by molar-refractivity contribution is -0.138. The zero-order valence-corrected chi connectivity index (χ0v) is 22.7. The van der Waals surface area contributed by atoms with E-state index < -0.39 is 12.0 Å². The lowest BCUT2D eigenvalue weighted by atomic mass is 9.96. The molecule has 0 radical (unpaired) electrons. The lowest BCUT2D eigenvalue weighted by Crippen LogP contribution is -2.35. The Morgan fingerprint density at radius 2 is 1.76 bits per heavy atom. The van der Waals surface area contributed by atoms with Gasteiger partial charge in [-0.3, -0.25) is 9.36 Å². The Morgan fingerprint density at radius 3 is 2.39 bits per heavy atom. The van der Waals surface area contributed by atoms with Crippen LogP contribution in [-0.4, -0.2) is 50.7 Å². The Bertz CT molecular complexity index is 1600. The van der Waals surface area contributed by atoms with Gasteiger partial charge in [0, 0.05) is 11.3 Å². The molecule has 1 atom stereocenters. The van der Waals surface area contributed by atoms with Crippen LogP contribution in [0.3, 0.4) is 0 Å². The number of nitrogens with zero attached hydrogens (tertiary/aromatic N) is 2. The number of thiazole rings is 1. The van der Waals surface area contributed by atoms with Crippen molar-refractivity contribution in [3.63, 3.8) is 0 Å². The third-order valence-electron chi connectivity index (χ3n) is 6.08. The molecule has 1 aromatic heterocycles. The summed E-state index contributed by atoms with van der Waals surface area (Å²) in [6.45, 7) is 3.55. The summed E-state index contributed by atoms with van der Waals surface area (Å²) in [4.78, 5) is 31.8. The van der Waals surface area contributed by atoms with Crippen LogP contribution in [0.4, 0.5) is 0 Å². The fourth-order valence-corrected chi connectivity index (χ4v) is 5.33. The number of benzene rings is 2. The maximum absolute atomic E-state index is 13.6. The third-order valence-corrected chi connectivity index (χ3v) is 7.06. The maximum atomic E-state index is 13.6. The highest BCUT2D eigenvalue weighted by molar-refractivity contribution is 7.07. The second kappa shape index (κ2) is 11.0. The number of phenolic OH excluding ortho intramolecular Hbond substituents is 1. The van der Waals surface area contributed by atoms with Gasteiger partial charge in [0.05, 0.1) is 45.2 Å². The van der Waals surface area contributed by atoms with Gasteiger partial charge in [-0.25, -0.2) is 9.79 Å². The highest BCUT2D eigenvalue weighted by Crippen LogP contribution is 2.40. The van der Waals surface area contributed by atoms with Gasteiger partial charge >= 0.3 is 5.97 Å². The maximum Gasteiger partial charge on any atom is 0.338 e. The predicted molar refractivity (Wildman–Crippen MR) is 142 cm³/mol. The van der Waals surface area contributed by atoms with Crippen LogP contribution >= 0.6 is 11.3 Å². The lowest BCUT2D eigenvalue weighted by Gasteiger charge is -2.22. The minimum Gasteiger partial charge on any atom is -0.504 e. The van der Waals surface area contributed by atoms with Gasteiger partial charge in [-0.05, 0) is 49.8 Å². The summed E-state index contributed by atoms with van der Waals surface area (Å²) in [5.41, 5.74) is 1.49. The number of esters is 1. The molecule has 1 aliphatic rings. The van der Waals surface area contributed by atoms with Crippen molar-refractivity contribution >= 4 is 29.1 Å². The topological polar surface area (TPSA) is 118 Å². The molecule has 1 unspecified atom stereocenters. The Labute approximate surface area is 222 Å². The third kappa shape index (κ3) is 4.60. The van der Waals surface area contributed by atoms with E-state index in [1.165, 1.54) is 50.4 Å². The first kappa shape index (κ1) is 26.8. The molecule has 0 spiro atoms. The van der Waals surface area contributed by atoms with E-state index in [1.807, 2.05) is 0 Å². The van der Waals surface area contributed by atoms with Crippen LogP contribution in [0.15, 0.2) is 45.7 Å². The van der Waals surface area contributed by atoms with Crippen molar-refractivity contribution in [3.8, 4) is 28.7 Å². The first-order valence-corrected chi connectivity index (χ1v) is 12.5. The van der Waals surface area contributed by atoms with E-state index in [0.717, 1.165) is 0 Å². The summed E-state index contributed by atoms with van der Waals surface area (Å²) in [5.74, 6) is 0.914. The summed E-state index contributed by atoms with van der Waals surface area (Å²) < 4.78 is 28.7. The van der Waals surface area contributed by atoms with E-state index in [-0.39, 0.29) is 29.2 Å². The van der Waals surface area contributed by atoms with Crippen molar-refractivity contribution < 1.29 is 33.6 Å². The highest BCUT2D eigenvalue weighted by Gasteiger charge is 2.32. The van der Waals surface area contributed by atoms with E-state index >= 15 is 0 Å². The Hall–Kier alpha value is -4.25. The molecule has 0 fully saturated rings. The molecule has 0 amide bonds. The average Bonchev–Trinajstić information content (AvgIpc) is 3.23. The van der Waals surface area contributed by atoms with Gasteiger partial charge in [0.15, 0.2) is 27.8 Å². The number of aromatic nitrogens is 1. The molecular formula is C27H28N2O8S. The molecule has 11 heteroatoms. The van der Waals surface area contributed by atoms with Crippen molar-refractivity contribution in [2.75, 3.05) is 35.0 Å². The number of aromatic hydroxyl groups is 1. The smallest absolute Gasteiger partial charge is 0.338 e. The zero-order chi connectivity index (χ0) is 27.6. The number of carbonyl (C=O) groups excluding carboxylic acids is 1. The molecule has 3 aromatic rings. The number of fused-ring (bicyclic) bond motifs is 1. The molecule has 38 heavy (non-hydrogen) atoms. The van der Waals surface area contributed by atoms with Crippen LogP contribution in [0, 0.1) is 0 Å². The van der Waals surface area contributed by atoms with Crippen molar-refractivity contribution in [1.82, 2.24) is 4.57 Å². The first-order chi connectivity index (χ1) is 18.3. The van der Waals surface area contributed by atoms with Crippen LogP contribution in [0.2, 0.25) is 0 Å². The van der Waals surface area contributed by atoms with E-state index in [4.69, 9.17) is 28.7 Å². The molecule has 0 bridgehead atoms. The highest BCUT2D eigenvalue weighted by atomic mass is 32.1. The summed E-state index contributed by atoms with van der Waals surface area (Å²) in [5, 5.41) is 10.1. The van der Waals surface area contributed by atoms with E-state index in [0.29, 0.717) is 43.4 Å². The van der Waals surface area contributed by atoms with E-state index in [1.54, 1.807) is 44.2 Å². The van der Waals surface area contributed by atoms with Crippen LogP contribution in [0.5, 0.6) is 28.7 Å². The molecular weight excluding hydrogens is 512 g/mol. The van der Waals surface area contributed by atoms with Gasteiger partial charge in [-0.1, -0.05) is 17.4 Å². The van der Waals surface area contributed by atoms with Crippen LogP contribution < -0.4 is 33.8 Å². The summed E-state index contributed by atoms with van der Waals surface area (Å²) in [6.07, 6.45) is 1.69. The molecule has 0 saturated heterocycles. The number of carbonyl (C=O) groups is 1. The summed E-state index contributed by atoms with van der Waals surface area (Å²) in [7, 11) is 5.97. The Morgan fingerprint density at radius 1 is 1.05 bits per heavy atom. The quantitative estimate of drug-likeness (QED) is 0.434. The molecule has 1 aliphatic heterocycles. The van der Waals surface area contributed by atoms with Crippen molar-refractivity contribution in [1.29, 1.82) is 0 Å². The fraction of sp³-hybridized carbons (Fsp3) is 0.296. The Balaban J connectivity index is 1.97. The number of phenols is 1. The predicted octanol–water partition coefficient (Wildman–Crippen LogP) is 2.65. The number of ether oxygens (including phenoxy) is 5. The normalized spacial score (nSPS) is 15.0. The number of methoxy groups -OCH3 is 4. The summed E-state index contributed by atoms with van der Waals surface area (Å²) >= 11 is 1.18. The number of allylic oxidation sites excluding steroid dienone is 1. The summed E-state index contributed by atoms with van der Waals surface area (Å²) in [6, 6.07) is 7.45. The largest absolute Gasteiger partial charge is 0.504 e. The molecule has 10 nitrogen and oxygen atoms in total. The Kier molecular flexibility index (Phi) is 7.77. The SMILES string of the molecule is CCOC(=O)C1=C(C)n2c(sc(=Cc3ccc(OC)c(OC)c3OC)c2=O)=NC1c1ccc(O)c(OC)c1. The van der Waals surface area contributed by atoms with Crippen LogP contribution in [0.25, 0.3) is 11.8 Å². The molecule has 0 aliphatic carbocycles. The molecule has 200 valence electrons. The number of hydrogen-bond acceptors (Lipinski definition) is 10. The number of rotatable bonds is 8. The average molecular weight is 541 g/mol. The zero-order valence-electron chi connectivity index (χ0n) is 21.9. The monoisotopic (exact) mass is 540 g/mol. The molecule has 1 N–H and O–H groups in total. The van der Waals surface area contributed by atoms with Gasteiger partial charge in [0.25, 0.3) is 5.56 Å². The minimum atomic E-state index is -0.773. The van der Waals surface area contributed by atoms with E-state index in [2.05, 4.69) is 0 Å². The van der Waals surface area contributed by atoms with Crippen LogP contribution in [-0.2, 0) is 9.53 Å². The van der Waals surface area contributed by atoms with Gasteiger partial charge in [-0.15, -0.1) is 0 Å². The molecule has 2 heterocycles. The van der Waals surface area contributed by atoms with Crippen molar-refractivity contribution in [3.05, 3.63) is 66.7 Å². The van der Waals surface area contributed by atoms with Gasteiger partial charge < -0.3 is 28.8 Å². The molecule has 4 rings (SSSR count). The standard InChI is InChI=1S/C27H28N2O8S/c1-7-37-26(32)21-14(2)29-25(31)20(13-16-9-11-18(33-3)24(36-6)23(16)35-5)38-27(29)28-22(21)15-8-10-17(30)19(12-15)34-4/h8-13,22,30H,7H2,1-6H3. The minimum absolute atomic E-state index is 0.0424. The fourth-order valence-electron chi connectivity index (χ4n) is 4.30. The second-order valence-corrected chi connectivity index (χ2v) is 9.15. The van der Waals surface area contributed by atoms with Gasteiger partial charge in [0.1, 0.15) is 6.04 Å². The van der Waals surface area contributed by atoms with E-state index in [9.17, 15) is 14.7 Å². The molecule has 0 saturated carbocycles. The number of hydrogen-bond donors (Lipinski definition) is 1. The van der Waals surface area contributed by atoms with Gasteiger partial charge in [0.2, 0.25) is 5.75 Å². The first-order valence-electron chi connectivity index (χ1n) is 11.6. The van der Waals surface area contributed by atoms with Crippen LogP contribution in [0.1, 0.15) is 31.0 Å². The van der Waals surface area contributed by atoms with Crippen molar-refractivity contribution in [2.24, 2.45) is 4.99 Å². The van der Waals surface area contributed by atoms with Gasteiger partial charge in [-0.2, -0.15) is 0 Å². The second-order valence-electron chi connectivity index (χ2n) is 8.14.